The minimum atomic E-state index is 0.0535. The molecule has 1 amide bonds. The first-order chi connectivity index (χ1) is 8.74. The molecule has 2 rings (SSSR count). The molecule has 0 aromatic heterocycles. The SMILES string of the molecule is Nc1ccc(CC(=O)NCCC2CCCO2)cc1. The summed E-state index contributed by atoms with van der Waals surface area (Å²) in [6, 6.07) is 7.40. The molecule has 0 radical (unpaired) electrons. The fourth-order valence-corrected chi connectivity index (χ4v) is 2.13. The fourth-order valence-electron chi connectivity index (χ4n) is 2.13. The van der Waals surface area contributed by atoms with Crippen molar-refractivity contribution in [2.24, 2.45) is 0 Å². The molecule has 0 saturated carbocycles. The first-order valence-electron chi connectivity index (χ1n) is 6.47. The van der Waals surface area contributed by atoms with Crippen molar-refractivity contribution in [2.75, 3.05) is 18.9 Å². The van der Waals surface area contributed by atoms with Crippen molar-refractivity contribution in [3.63, 3.8) is 0 Å². The van der Waals surface area contributed by atoms with Crippen LogP contribution in [0.15, 0.2) is 24.3 Å². The van der Waals surface area contributed by atoms with Crippen LogP contribution in [0.25, 0.3) is 0 Å². The van der Waals surface area contributed by atoms with Crippen molar-refractivity contribution in [3.8, 4) is 0 Å². The smallest absolute Gasteiger partial charge is 0.224 e. The molecule has 1 fully saturated rings. The van der Waals surface area contributed by atoms with E-state index < -0.39 is 0 Å². The molecule has 1 aromatic rings. The molecule has 1 atom stereocenters. The lowest BCUT2D eigenvalue weighted by Crippen LogP contribution is -2.28. The van der Waals surface area contributed by atoms with E-state index in [4.69, 9.17) is 10.5 Å². The highest BCUT2D eigenvalue weighted by atomic mass is 16.5. The Morgan fingerprint density at radius 1 is 1.39 bits per heavy atom. The molecule has 1 saturated heterocycles. The Bertz CT molecular complexity index is 383. The van der Waals surface area contributed by atoms with Crippen LogP contribution in [-0.4, -0.2) is 25.2 Å². The molecule has 4 heteroatoms. The zero-order chi connectivity index (χ0) is 12.8. The van der Waals surface area contributed by atoms with Crippen LogP contribution in [0.1, 0.15) is 24.8 Å². The third kappa shape index (κ3) is 4.04. The van der Waals surface area contributed by atoms with Gasteiger partial charge in [0.15, 0.2) is 0 Å². The second kappa shape index (κ2) is 6.40. The second-order valence-corrected chi connectivity index (χ2v) is 4.69. The Morgan fingerprint density at radius 3 is 2.83 bits per heavy atom. The van der Waals surface area contributed by atoms with Gasteiger partial charge in [-0.1, -0.05) is 12.1 Å². The number of nitrogen functional groups attached to an aromatic ring is 1. The van der Waals surface area contributed by atoms with Gasteiger partial charge in [-0.2, -0.15) is 0 Å². The molecule has 3 N–H and O–H groups in total. The van der Waals surface area contributed by atoms with Gasteiger partial charge in [0.2, 0.25) is 5.91 Å². The minimum absolute atomic E-state index is 0.0535. The lowest BCUT2D eigenvalue weighted by Gasteiger charge is -2.10. The average Bonchev–Trinajstić information content (AvgIpc) is 2.85. The molecule has 1 aliphatic rings. The first-order valence-corrected chi connectivity index (χ1v) is 6.47. The van der Waals surface area contributed by atoms with Crippen LogP contribution < -0.4 is 11.1 Å². The number of carbonyl (C=O) groups excluding carboxylic acids is 1. The Morgan fingerprint density at radius 2 is 2.17 bits per heavy atom. The van der Waals surface area contributed by atoms with Crippen molar-refractivity contribution >= 4 is 11.6 Å². The molecule has 0 bridgehead atoms. The first kappa shape index (κ1) is 12.9. The van der Waals surface area contributed by atoms with Crippen LogP contribution in [0.3, 0.4) is 0 Å². The molecular weight excluding hydrogens is 228 g/mol. The van der Waals surface area contributed by atoms with Crippen molar-refractivity contribution in [1.82, 2.24) is 5.32 Å². The van der Waals surface area contributed by atoms with E-state index in [0.717, 1.165) is 37.1 Å². The number of anilines is 1. The Kier molecular flexibility index (Phi) is 4.59. The lowest BCUT2D eigenvalue weighted by atomic mass is 10.1. The van der Waals surface area contributed by atoms with Crippen LogP contribution in [0.2, 0.25) is 0 Å². The van der Waals surface area contributed by atoms with Gasteiger partial charge < -0.3 is 15.8 Å². The molecule has 0 aliphatic carbocycles. The van der Waals surface area contributed by atoms with Gasteiger partial charge in [0.05, 0.1) is 12.5 Å². The van der Waals surface area contributed by atoms with Crippen molar-refractivity contribution in [3.05, 3.63) is 29.8 Å². The Balaban J connectivity index is 1.66. The Labute approximate surface area is 108 Å². The largest absolute Gasteiger partial charge is 0.399 e. The predicted octanol–water partition coefficient (Wildman–Crippen LogP) is 1.50. The average molecular weight is 248 g/mol. The second-order valence-electron chi connectivity index (χ2n) is 4.69. The third-order valence-corrected chi connectivity index (χ3v) is 3.16. The topological polar surface area (TPSA) is 64.4 Å². The van der Waals surface area contributed by atoms with Gasteiger partial charge in [0.1, 0.15) is 0 Å². The monoisotopic (exact) mass is 248 g/mol. The summed E-state index contributed by atoms with van der Waals surface area (Å²) < 4.78 is 5.50. The number of hydrogen-bond donors (Lipinski definition) is 2. The highest BCUT2D eigenvalue weighted by molar-refractivity contribution is 5.78. The number of hydrogen-bond acceptors (Lipinski definition) is 3. The summed E-state index contributed by atoms with van der Waals surface area (Å²) >= 11 is 0. The molecule has 0 spiro atoms. The van der Waals surface area contributed by atoms with Gasteiger partial charge in [-0.15, -0.1) is 0 Å². The summed E-state index contributed by atoms with van der Waals surface area (Å²) in [4.78, 5) is 11.7. The number of nitrogens with two attached hydrogens (primary N) is 1. The van der Waals surface area contributed by atoms with Gasteiger partial charge in [0, 0.05) is 18.8 Å². The van der Waals surface area contributed by atoms with Crippen LogP contribution >= 0.6 is 0 Å². The van der Waals surface area contributed by atoms with Gasteiger partial charge in [-0.25, -0.2) is 0 Å². The summed E-state index contributed by atoms with van der Waals surface area (Å²) in [5, 5.41) is 2.92. The van der Waals surface area contributed by atoms with Crippen LogP contribution in [0.4, 0.5) is 5.69 Å². The summed E-state index contributed by atoms with van der Waals surface area (Å²) in [5.41, 5.74) is 7.30. The van der Waals surface area contributed by atoms with Gasteiger partial charge in [-0.05, 0) is 37.0 Å². The van der Waals surface area contributed by atoms with E-state index in [1.807, 2.05) is 24.3 Å². The third-order valence-electron chi connectivity index (χ3n) is 3.16. The molecule has 1 aromatic carbocycles. The zero-order valence-electron chi connectivity index (χ0n) is 10.5. The highest BCUT2D eigenvalue weighted by Crippen LogP contribution is 2.14. The summed E-state index contributed by atoms with van der Waals surface area (Å²) in [6.07, 6.45) is 3.92. The van der Waals surface area contributed by atoms with E-state index in [-0.39, 0.29) is 5.91 Å². The molecule has 1 heterocycles. The molecule has 98 valence electrons. The standard InChI is InChI=1S/C14H20N2O2/c15-12-5-3-11(4-6-12)10-14(17)16-8-7-13-2-1-9-18-13/h3-6,13H,1-2,7-10,15H2,(H,16,17). The maximum Gasteiger partial charge on any atom is 0.224 e. The summed E-state index contributed by atoms with van der Waals surface area (Å²) in [7, 11) is 0. The van der Waals surface area contributed by atoms with E-state index >= 15 is 0 Å². The number of amides is 1. The number of nitrogens with one attached hydrogen (secondary N) is 1. The van der Waals surface area contributed by atoms with Gasteiger partial charge in [-0.3, -0.25) is 4.79 Å². The molecule has 1 unspecified atom stereocenters. The minimum Gasteiger partial charge on any atom is -0.399 e. The summed E-state index contributed by atoms with van der Waals surface area (Å²) in [5.74, 6) is 0.0535. The lowest BCUT2D eigenvalue weighted by molar-refractivity contribution is -0.120. The van der Waals surface area contributed by atoms with Crippen molar-refractivity contribution < 1.29 is 9.53 Å². The van der Waals surface area contributed by atoms with Gasteiger partial charge >= 0.3 is 0 Å². The molecular formula is C14H20N2O2. The highest BCUT2D eigenvalue weighted by Gasteiger charge is 2.15. The molecule has 1 aliphatic heterocycles. The number of rotatable bonds is 5. The maximum atomic E-state index is 11.7. The predicted molar refractivity (Wildman–Crippen MR) is 71.2 cm³/mol. The normalized spacial score (nSPS) is 18.8. The van der Waals surface area contributed by atoms with E-state index in [1.165, 1.54) is 0 Å². The van der Waals surface area contributed by atoms with Gasteiger partial charge in [0.25, 0.3) is 0 Å². The Hall–Kier alpha value is -1.55. The summed E-state index contributed by atoms with van der Waals surface area (Å²) in [6.45, 7) is 1.56. The molecule has 4 nitrogen and oxygen atoms in total. The quantitative estimate of drug-likeness (QED) is 0.776. The number of benzene rings is 1. The van der Waals surface area contributed by atoms with Crippen LogP contribution in [0, 0.1) is 0 Å². The zero-order valence-corrected chi connectivity index (χ0v) is 10.5. The van der Waals surface area contributed by atoms with Crippen LogP contribution in [0.5, 0.6) is 0 Å². The fraction of sp³-hybridized carbons (Fsp3) is 0.500. The van der Waals surface area contributed by atoms with Crippen molar-refractivity contribution in [1.29, 1.82) is 0 Å². The number of ether oxygens (including phenoxy) is 1. The van der Waals surface area contributed by atoms with E-state index in [1.54, 1.807) is 0 Å². The van der Waals surface area contributed by atoms with Crippen molar-refractivity contribution in [2.45, 2.75) is 31.8 Å². The molecule has 18 heavy (non-hydrogen) atoms. The van der Waals surface area contributed by atoms with E-state index in [2.05, 4.69) is 5.32 Å². The number of carbonyl (C=O) groups is 1. The van der Waals surface area contributed by atoms with E-state index in [9.17, 15) is 4.79 Å². The van der Waals surface area contributed by atoms with E-state index in [0.29, 0.717) is 19.1 Å². The van der Waals surface area contributed by atoms with Crippen LogP contribution in [-0.2, 0) is 16.0 Å². The maximum absolute atomic E-state index is 11.7.